The van der Waals surface area contributed by atoms with Crippen molar-refractivity contribution < 1.29 is 28.9 Å². The van der Waals surface area contributed by atoms with Gasteiger partial charge in [-0.25, -0.2) is 4.39 Å². The van der Waals surface area contributed by atoms with Crippen LogP contribution in [0.3, 0.4) is 0 Å². The summed E-state index contributed by atoms with van der Waals surface area (Å²) in [6.07, 6.45) is 0. The molecule has 1 amide bonds. The van der Waals surface area contributed by atoms with E-state index in [0.717, 1.165) is 4.90 Å². The Balaban J connectivity index is 2.18. The molecule has 0 saturated carbocycles. The molecule has 0 aromatic heterocycles. The molecule has 0 aliphatic carbocycles. The van der Waals surface area contributed by atoms with Crippen molar-refractivity contribution in [3.8, 4) is 5.75 Å². The molecule has 0 radical (unpaired) electrons. The van der Waals surface area contributed by atoms with E-state index in [1.165, 1.54) is 37.4 Å². The van der Waals surface area contributed by atoms with E-state index in [-0.39, 0.29) is 17.7 Å². The number of halogens is 1. The fourth-order valence-corrected chi connectivity index (χ4v) is 3.14. The maximum atomic E-state index is 14.4. The van der Waals surface area contributed by atoms with Gasteiger partial charge in [0.15, 0.2) is 0 Å². The molecule has 0 bridgehead atoms. The Kier molecular flexibility index (Phi) is 5.23. The van der Waals surface area contributed by atoms with Crippen LogP contribution in [0.1, 0.15) is 17.2 Å². The van der Waals surface area contributed by atoms with Crippen LogP contribution >= 0.6 is 0 Å². The van der Waals surface area contributed by atoms with Crippen LogP contribution < -0.4 is 4.74 Å². The molecule has 3 rings (SSSR count). The number of likely N-dealkylation sites (tertiary alicyclic amines) is 1. The van der Waals surface area contributed by atoms with E-state index in [9.17, 15) is 24.2 Å². The number of carbonyl (C=O) groups is 2. The normalized spacial score (nSPS) is 18.8. The number of ether oxygens (including phenoxy) is 1. The lowest BCUT2D eigenvalue weighted by atomic mass is 9.95. The Bertz CT molecular complexity index is 907. The van der Waals surface area contributed by atoms with Crippen LogP contribution in [0.2, 0.25) is 0 Å². The van der Waals surface area contributed by atoms with Crippen molar-refractivity contribution in [1.29, 1.82) is 0 Å². The Labute approximate surface area is 155 Å². The third-order valence-electron chi connectivity index (χ3n) is 4.44. The molecule has 2 N–H and O–H groups in total. The number of methoxy groups -OCH3 is 1. The van der Waals surface area contributed by atoms with Gasteiger partial charge in [-0.05, 0) is 30.3 Å². The number of carbonyl (C=O) groups excluding carboxylic acids is 2. The maximum Gasteiger partial charge on any atom is 0.295 e. The summed E-state index contributed by atoms with van der Waals surface area (Å²) in [5.41, 5.74) is 0.142. The van der Waals surface area contributed by atoms with Crippen molar-refractivity contribution in [2.45, 2.75) is 6.04 Å². The number of ketones is 1. The lowest BCUT2D eigenvalue weighted by molar-refractivity contribution is -0.140. The molecule has 1 atom stereocenters. The van der Waals surface area contributed by atoms with Gasteiger partial charge in [0.2, 0.25) is 0 Å². The van der Waals surface area contributed by atoms with Crippen molar-refractivity contribution >= 4 is 17.4 Å². The van der Waals surface area contributed by atoms with E-state index < -0.39 is 35.9 Å². The average Bonchev–Trinajstić information content (AvgIpc) is 2.93. The number of hydrogen-bond acceptors (Lipinski definition) is 5. The van der Waals surface area contributed by atoms with Gasteiger partial charge in [-0.2, -0.15) is 0 Å². The fraction of sp³-hybridized carbons (Fsp3) is 0.200. The maximum absolute atomic E-state index is 14.4. The lowest BCUT2D eigenvalue weighted by Gasteiger charge is -2.24. The summed E-state index contributed by atoms with van der Waals surface area (Å²) in [7, 11) is 1.49. The van der Waals surface area contributed by atoms with Gasteiger partial charge < -0.3 is 19.8 Å². The first-order valence-corrected chi connectivity index (χ1v) is 8.27. The second-order valence-electron chi connectivity index (χ2n) is 5.97. The van der Waals surface area contributed by atoms with Crippen molar-refractivity contribution in [2.75, 3.05) is 20.3 Å². The molecule has 0 spiro atoms. The zero-order chi connectivity index (χ0) is 19.6. The SMILES string of the molecule is COc1ccc(/C(O)=C2\C(=O)C(=O)N(CCO)[C@H]2c2ccccc2F)cc1. The van der Waals surface area contributed by atoms with Gasteiger partial charge in [0.1, 0.15) is 17.3 Å². The topological polar surface area (TPSA) is 87.1 Å². The summed E-state index contributed by atoms with van der Waals surface area (Å²) >= 11 is 0. The Morgan fingerprint density at radius 3 is 2.41 bits per heavy atom. The van der Waals surface area contributed by atoms with Gasteiger partial charge in [-0.15, -0.1) is 0 Å². The predicted octanol–water partition coefficient (Wildman–Crippen LogP) is 2.25. The molecule has 1 aliphatic rings. The minimum Gasteiger partial charge on any atom is -0.507 e. The highest BCUT2D eigenvalue weighted by atomic mass is 19.1. The van der Waals surface area contributed by atoms with E-state index in [1.54, 1.807) is 18.2 Å². The molecule has 7 heteroatoms. The minimum atomic E-state index is -1.12. The first-order valence-electron chi connectivity index (χ1n) is 8.27. The summed E-state index contributed by atoms with van der Waals surface area (Å²) in [6, 6.07) is 10.8. The van der Waals surface area contributed by atoms with Crippen LogP contribution in [0.15, 0.2) is 54.1 Å². The highest BCUT2D eigenvalue weighted by Gasteiger charge is 2.46. The molecular formula is C20H18FNO5. The van der Waals surface area contributed by atoms with Gasteiger partial charge in [-0.1, -0.05) is 18.2 Å². The number of aliphatic hydroxyl groups is 2. The Morgan fingerprint density at radius 1 is 1.15 bits per heavy atom. The zero-order valence-electron chi connectivity index (χ0n) is 14.6. The van der Waals surface area contributed by atoms with Crippen molar-refractivity contribution in [3.05, 3.63) is 71.0 Å². The van der Waals surface area contributed by atoms with Crippen LogP contribution in [0.5, 0.6) is 5.75 Å². The molecule has 1 heterocycles. The van der Waals surface area contributed by atoms with Gasteiger partial charge >= 0.3 is 0 Å². The highest BCUT2D eigenvalue weighted by Crippen LogP contribution is 2.40. The van der Waals surface area contributed by atoms with Gasteiger partial charge in [0, 0.05) is 17.7 Å². The standard InChI is InChI=1S/C20H18FNO5/c1-27-13-8-6-12(7-9-13)18(24)16-17(14-4-2-3-5-15(14)21)22(10-11-23)20(26)19(16)25/h2-9,17,23-24H,10-11H2,1H3/b18-16+/t17-/m0/s1. The number of rotatable bonds is 5. The molecule has 2 aromatic rings. The summed E-state index contributed by atoms with van der Waals surface area (Å²) in [5.74, 6) is -2.30. The molecule has 1 aliphatic heterocycles. The van der Waals surface area contributed by atoms with Crippen LogP contribution in [-0.2, 0) is 9.59 Å². The van der Waals surface area contributed by atoms with E-state index in [1.807, 2.05) is 0 Å². The minimum absolute atomic E-state index is 0.0696. The molecule has 1 saturated heterocycles. The summed E-state index contributed by atoms with van der Waals surface area (Å²) < 4.78 is 19.5. The number of nitrogens with zero attached hydrogens (tertiary/aromatic N) is 1. The summed E-state index contributed by atoms with van der Waals surface area (Å²) in [4.78, 5) is 26.1. The number of amides is 1. The molecule has 140 valence electrons. The Morgan fingerprint density at radius 2 is 1.81 bits per heavy atom. The molecule has 6 nitrogen and oxygen atoms in total. The van der Waals surface area contributed by atoms with Gasteiger partial charge in [0.05, 0.1) is 25.3 Å². The molecular weight excluding hydrogens is 353 g/mol. The monoisotopic (exact) mass is 371 g/mol. The van der Waals surface area contributed by atoms with E-state index in [4.69, 9.17) is 4.74 Å². The van der Waals surface area contributed by atoms with Crippen LogP contribution in [-0.4, -0.2) is 47.1 Å². The second-order valence-corrected chi connectivity index (χ2v) is 5.97. The lowest BCUT2D eigenvalue weighted by Crippen LogP contribution is -2.32. The number of aliphatic hydroxyl groups excluding tert-OH is 2. The number of Topliss-reactive ketones (excluding diaryl/α,β-unsaturated/α-hetero) is 1. The largest absolute Gasteiger partial charge is 0.507 e. The average molecular weight is 371 g/mol. The third-order valence-corrected chi connectivity index (χ3v) is 4.44. The summed E-state index contributed by atoms with van der Waals surface area (Å²) in [6.45, 7) is -0.566. The molecule has 1 fully saturated rings. The predicted molar refractivity (Wildman–Crippen MR) is 95.5 cm³/mol. The summed E-state index contributed by atoms with van der Waals surface area (Å²) in [5, 5.41) is 20.0. The quantitative estimate of drug-likeness (QED) is 0.478. The number of benzene rings is 2. The fourth-order valence-electron chi connectivity index (χ4n) is 3.14. The second kappa shape index (κ2) is 7.59. The highest BCUT2D eigenvalue weighted by molar-refractivity contribution is 6.46. The van der Waals surface area contributed by atoms with Gasteiger partial charge in [0.25, 0.3) is 11.7 Å². The van der Waals surface area contributed by atoms with Crippen molar-refractivity contribution in [1.82, 2.24) is 4.90 Å². The van der Waals surface area contributed by atoms with E-state index in [0.29, 0.717) is 11.3 Å². The number of hydrogen-bond donors (Lipinski definition) is 2. The molecule has 0 unspecified atom stereocenters. The van der Waals surface area contributed by atoms with Crippen molar-refractivity contribution in [3.63, 3.8) is 0 Å². The Hall–Kier alpha value is -3.19. The number of β-amino-alcohol motifs (C(OH)–C–C–N with tert-alkyl or cyclic N) is 1. The van der Waals surface area contributed by atoms with Crippen molar-refractivity contribution in [2.24, 2.45) is 0 Å². The first kappa shape index (κ1) is 18.6. The van der Waals surface area contributed by atoms with Crippen LogP contribution in [0.25, 0.3) is 5.76 Å². The zero-order valence-corrected chi connectivity index (χ0v) is 14.6. The smallest absolute Gasteiger partial charge is 0.295 e. The molecule has 2 aromatic carbocycles. The van der Waals surface area contributed by atoms with E-state index in [2.05, 4.69) is 0 Å². The van der Waals surface area contributed by atoms with E-state index >= 15 is 0 Å². The van der Waals surface area contributed by atoms with Crippen LogP contribution in [0, 0.1) is 5.82 Å². The van der Waals surface area contributed by atoms with Crippen LogP contribution in [0.4, 0.5) is 4.39 Å². The van der Waals surface area contributed by atoms with Gasteiger partial charge in [-0.3, -0.25) is 9.59 Å². The first-order chi connectivity index (χ1) is 13.0. The molecule has 27 heavy (non-hydrogen) atoms. The third kappa shape index (κ3) is 3.29.